The van der Waals surface area contributed by atoms with Crippen LogP contribution in [-0.2, 0) is 22.9 Å². The van der Waals surface area contributed by atoms with Gasteiger partial charge in [-0.3, -0.25) is 4.72 Å². The largest absolute Gasteiger partial charge is 0.461 e. The summed E-state index contributed by atoms with van der Waals surface area (Å²) >= 11 is 1.21. The van der Waals surface area contributed by atoms with Crippen molar-refractivity contribution in [2.45, 2.75) is 50.7 Å². The fraction of sp³-hybridized carbons (Fsp3) is 0.429. The molecule has 0 amide bonds. The van der Waals surface area contributed by atoms with Crippen LogP contribution >= 0.6 is 11.3 Å². The molecule has 1 N–H and O–H groups in total. The summed E-state index contributed by atoms with van der Waals surface area (Å²) in [5, 5.41) is 2.80. The molecule has 144 valence electrons. The van der Waals surface area contributed by atoms with E-state index in [1.807, 2.05) is 12.1 Å². The number of hydrogen-bond donors (Lipinski definition) is 1. The average molecular weight is 404 g/mol. The van der Waals surface area contributed by atoms with Crippen molar-refractivity contribution in [2.75, 3.05) is 4.72 Å². The molecule has 2 heterocycles. The van der Waals surface area contributed by atoms with Crippen molar-refractivity contribution in [1.29, 1.82) is 0 Å². The topological polar surface area (TPSA) is 59.3 Å². The van der Waals surface area contributed by atoms with Crippen molar-refractivity contribution in [3.8, 4) is 0 Å². The smallest absolute Gasteiger partial charge is 0.271 e. The molecule has 0 fully saturated rings. The summed E-state index contributed by atoms with van der Waals surface area (Å²) in [5.74, 6) is 1.67. The van der Waals surface area contributed by atoms with Gasteiger partial charge in [0, 0.05) is 23.1 Å². The molecule has 4 nitrogen and oxygen atoms in total. The number of hydrogen-bond acceptors (Lipinski definition) is 4. The van der Waals surface area contributed by atoms with Crippen LogP contribution in [0.3, 0.4) is 0 Å². The molecule has 4 rings (SSSR count). The highest BCUT2D eigenvalue weighted by Gasteiger charge is 2.33. The van der Waals surface area contributed by atoms with Crippen molar-refractivity contribution >= 4 is 38.0 Å². The van der Waals surface area contributed by atoms with Gasteiger partial charge in [-0.1, -0.05) is 33.3 Å². The zero-order valence-electron chi connectivity index (χ0n) is 15.9. The fourth-order valence-electron chi connectivity index (χ4n) is 3.92. The molecular weight excluding hydrogens is 378 g/mol. The Balaban J connectivity index is 1.68. The van der Waals surface area contributed by atoms with Crippen LogP contribution in [0.25, 0.3) is 11.0 Å². The summed E-state index contributed by atoms with van der Waals surface area (Å²) in [6.07, 6.45) is 4.23. The lowest BCUT2D eigenvalue weighted by molar-refractivity contribution is 0.179. The lowest BCUT2D eigenvalue weighted by atomic mass is 9.69. The van der Waals surface area contributed by atoms with Gasteiger partial charge in [-0.15, -0.1) is 11.3 Å². The molecule has 0 aliphatic heterocycles. The molecule has 1 aliphatic carbocycles. The zero-order chi connectivity index (χ0) is 19.2. The third-order valence-electron chi connectivity index (χ3n) is 6.07. The van der Waals surface area contributed by atoms with Gasteiger partial charge in [0.2, 0.25) is 0 Å². The molecule has 0 saturated carbocycles. The maximum absolute atomic E-state index is 12.5. The Morgan fingerprint density at radius 1 is 1.30 bits per heavy atom. The van der Waals surface area contributed by atoms with Gasteiger partial charge in [0.1, 0.15) is 15.6 Å². The molecule has 1 atom stereocenters. The molecule has 0 radical (unpaired) electrons. The van der Waals surface area contributed by atoms with Gasteiger partial charge in [0.25, 0.3) is 10.0 Å². The molecule has 0 saturated heterocycles. The quantitative estimate of drug-likeness (QED) is 0.582. The minimum atomic E-state index is -3.54. The fourth-order valence-corrected chi connectivity index (χ4v) is 5.96. The second-order valence-corrected chi connectivity index (χ2v) is 10.9. The molecule has 27 heavy (non-hydrogen) atoms. The first-order chi connectivity index (χ1) is 12.8. The van der Waals surface area contributed by atoms with Crippen molar-refractivity contribution in [3.05, 3.63) is 47.0 Å². The monoisotopic (exact) mass is 403 g/mol. The standard InChI is InChI=1S/C21H25NO3S2/c1-4-21(2,3)14-7-9-18-16(12-14)17-13-15(8-10-19(17)25-18)22-27(23,24)20-6-5-11-26-20/h5-6,8,10-11,13-14,22H,4,7,9,12H2,1-3H3. The van der Waals surface area contributed by atoms with Gasteiger partial charge >= 0.3 is 0 Å². The maximum atomic E-state index is 12.5. The van der Waals surface area contributed by atoms with Crippen LogP contribution < -0.4 is 4.72 Å². The van der Waals surface area contributed by atoms with Gasteiger partial charge in [0.05, 0.1) is 0 Å². The molecular formula is C21H25NO3S2. The Hall–Kier alpha value is -1.79. The van der Waals surface area contributed by atoms with E-state index in [1.54, 1.807) is 23.6 Å². The Morgan fingerprint density at radius 3 is 2.81 bits per heavy atom. The number of nitrogens with one attached hydrogen (secondary N) is 1. The molecule has 3 aromatic rings. The first-order valence-electron chi connectivity index (χ1n) is 9.41. The van der Waals surface area contributed by atoms with E-state index in [2.05, 4.69) is 25.5 Å². The maximum Gasteiger partial charge on any atom is 0.271 e. The van der Waals surface area contributed by atoms with E-state index < -0.39 is 10.0 Å². The number of sulfonamides is 1. The second-order valence-electron chi connectivity index (χ2n) is 8.03. The Kier molecular flexibility index (Phi) is 4.59. The number of rotatable bonds is 5. The van der Waals surface area contributed by atoms with Crippen LogP contribution in [-0.4, -0.2) is 8.42 Å². The van der Waals surface area contributed by atoms with Crippen molar-refractivity contribution in [1.82, 2.24) is 0 Å². The normalized spacial score (nSPS) is 17.8. The van der Waals surface area contributed by atoms with E-state index in [9.17, 15) is 8.42 Å². The van der Waals surface area contributed by atoms with Crippen LogP contribution in [0.1, 0.15) is 44.9 Å². The molecule has 1 aliphatic rings. The predicted octanol–water partition coefficient (Wildman–Crippen LogP) is 5.84. The van der Waals surface area contributed by atoms with Gasteiger partial charge in [-0.25, -0.2) is 8.42 Å². The Bertz CT molecular complexity index is 1060. The molecule has 0 bridgehead atoms. The van der Waals surface area contributed by atoms with Crippen LogP contribution in [0.15, 0.2) is 44.3 Å². The van der Waals surface area contributed by atoms with Crippen LogP contribution in [0, 0.1) is 11.3 Å². The van der Waals surface area contributed by atoms with Crippen LogP contribution in [0.4, 0.5) is 5.69 Å². The number of benzene rings is 1. The van der Waals surface area contributed by atoms with Gasteiger partial charge < -0.3 is 4.42 Å². The summed E-state index contributed by atoms with van der Waals surface area (Å²) in [6.45, 7) is 6.93. The number of thiophene rings is 1. The van der Waals surface area contributed by atoms with E-state index in [4.69, 9.17) is 4.42 Å². The lowest BCUT2D eigenvalue weighted by Crippen LogP contribution is -2.28. The zero-order valence-corrected chi connectivity index (χ0v) is 17.5. The van der Waals surface area contributed by atoms with Crippen molar-refractivity contribution < 1.29 is 12.8 Å². The minimum absolute atomic E-state index is 0.291. The van der Waals surface area contributed by atoms with E-state index in [0.29, 0.717) is 21.2 Å². The highest BCUT2D eigenvalue weighted by molar-refractivity contribution is 7.94. The number of fused-ring (bicyclic) bond motifs is 3. The Labute approximate surface area is 164 Å². The lowest BCUT2D eigenvalue weighted by Gasteiger charge is -2.36. The van der Waals surface area contributed by atoms with E-state index in [0.717, 1.165) is 42.4 Å². The van der Waals surface area contributed by atoms with Gasteiger partial charge in [-0.05, 0) is 53.8 Å². The summed E-state index contributed by atoms with van der Waals surface area (Å²) in [7, 11) is -3.54. The first kappa shape index (κ1) is 18.6. The van der Waals surface area contributed by atoms with Crippen LogP contribution in [0.5, 0.6) is 0 Å². The number of anilines is 1. The predicted molar refractivity (Wildman–Crippen MR) is 111 cm³/mol. The first-order valence-corrected chi connectivity index (χ1v) is 11.8. The molecule has 6 heteroatoms. The van der Waals surface area contributed by atoms with E-state index in [1.165, 1.54) is 16.9 Å². The SMILES string of the molecule is CCC(C)(C)C1CCc2oc3ccc(NS(=O)(=O)c4cccs4)cc3c2C1. The Morgan fingerprint density at radius 2 is 2.11 bits per heavy atom. The molecule has 0 spiro atoms. The number of aryl methyl sites for hydroxylation is 1. The minimum Gasteiger partial charge on any atom is -0.461 e. The average Bonchev–Trinajstić information content (AvgIpc) is 3.29. The van der Waals surface area contributed by atoms with Gasteiger partial charge in [-0.2, -0.15) is 0 Å². The third-order valence-corrected chi connectivity index (χ3v) is 8.85. The molecule has 1 unspecified atom stereocenters. The highest BCUT2D eigenvalue weighted by Crippen LogP contribution is 2.43. The summed E-state index contributed by atoms with van der Waals surface area (Å²) in [6, 6.07) is 8.92. The molecule has 2 aromatic heterocycles. The third kappa shape index (κ3) is 3.41. The summed E-state index contributed by atoms with van der Waals surface area (Å²) in [5.41, 5.74) is 2.96. The summed E-state index contributed by atoms with van der Waals surface area (Å²) < 4.78 is 34.1. The van der Waals surface area contributed by atoms with Crippen LogP contribution in [0.2, 0.25) is 0 Å². The second kappa shape index (κ2) is 6.67. The van der Waals surface area contributed by atoms with E-state index in [-0.39, 0.29) is 0 Å². The van der Waals surface area contributed by atoms with Gasteiger partial charge in [0.15, 0.2) is 0 Å². The van der Waals surface area contributed by atoms with Crippen molar-refractivity contribution in [2.24, 2.45) is 11.3 Å². The highest BCUT2D eigenvalue weighted by atomic mass is 32.2. The van der Waals surface area contributed by atoms with Crippen molar-refractivity contribution in [3.63, 3.8) is 0 Å². The molecule has 1 aromatic carbocycles. The summed E-state index contributed by atoms with van der Waals surface area (Å²) in [4.78, 5) is 0. The van der Waals surface area contributed by atoms with E-state index >= 15 is 0 Å². The number of furan rings is 1.